The summed E-state index contributed by atoms with van der Waals surface area (Å²) in [5, 5.41) is 10.8. The minimum Gasteiger partial charge on any atom is -0.503 e. The maximum Gasteiger partial charge on any atom is 0.290 e. The van der Waals surface area contributed by atoms with Crippen LogP contribution in [0.4, 0.5) is 0 Å². The highest BCUT2D eigenvalue weighted by Crippen LogP contribution is 2.41. The Hall–Kier alpha value is -3.58. The molecule has 2 aromatic carbocycles. The van der Waals surface area contributed by atoms with E-state index in [1.165, 1.54) is 6.08 Å². The topological polar surface area (TPSA) is 79.3 Å². The molecule has 7 heteroatoms. The van der Waals surface area contributed by atoms with Crippen molar-refractivity contribution in [3.8, 4) is 11.5 Å². The highest BCUT2D eigenvalue weighted by molar-refractivity contribution is 6.14. The Morgan fingerprint density at radius 1 is 1.06 bits per heavy atom. The monoisotopic (exact) mass is 478 g/mol. The number of amides is 1. The highest BCUT2D eigenvalue weighted by atomic mass is 16.5. The predicted octanol–water partition coefficient (Wildman–Crippen LogP) is 4.41. The summed E-state index contributed by atoms with van der Waals surface area (Å²) in [6.45, 7) is 5.84. The molecular formula is C28H34N2O5. The SMILES string of the molecule is CCOc1ccc(C2C(C(=O)/C=C/c3ccccc3)=C(O)C(=O)N2CCCN(C)C)cc1OCC. The van der Waals surface area contributed by atoms with Crippen molar-refractivity contribution in [2.75, 3.05) is 40.4 Å². The molecule has 35 heavy (non-hydrogen) atoms. The van der Waals surface area contributed by atoms with Gasteiger partial charge in [-0.2, -0.15) is 0 Å². The fourth-order valence-electron chi connectivity index (χ4n) is 4.10. The van der Waals surface area contributed by atoms with Gasteiger partial charge in [0.1, 0.15) is 0 Å². The number of allylic oxidation sites excluding steroid dienone is 1. The number of hydrogen-bond donors (Lipinski definition) is 1. The van der Waals surface area contributed by atoms with Crippen LogP contribution < -0.4 is 9.47 Å². The van der Waals surface area contributed by atoms with Crippen molar-refractivity contribution in [3.63, 3.8) is 0 Å². The molecule has 7 nitrogen and oxygen atoms in total. The molecule has 1 atom stereocenters. The van der Waals surface area contributed by atoms with Crippen molar-refractivity contribution in [3.05, 3.63) is 77.1 Å². The van der Waals surface area contributed by atoms with Gasteiger partial charge in [-0.1, -0.05) is 42.5 Å². The fraction of sp³-hybridized carbons (Fsp3) is 0.357. The molecule has 1 amide bonds. The number of benzene rings is 2. The molecule has 0 fully saturated rings. The van der Waals surface area contributed by atoms with E-state index in [4.69, 9.17) is 9.47 Å². The van der Waals surface area contributed by atoms with Crippen LogP contribution in [0.15, 0.2) is 65.9 Å². The maximum absolute atomic E-state index is 13.3. The van der Waals surface area contributed by atoms with Crippen LogP contribution in [-0.2, 0) is 9.59 Å². The van der Waals surface area contributed by atoms with Crippen LogP contribution in [0.5, 0.6) is 11.5 Å². The number of carbonyl (C=O) groups is 2. The lowest BCUT2D eigenvalue weighted by atomic mass is 9.95. The quantitative estimate of drug-likeness (QED) is 0.455. The van der Waals surface area contributed by atoms with E-state index in [2.05, 4.69) is 0 Å². The number of aliphatic hydroxyl groups excluding tert-OH is 1. The van der Waals surface area contributed by atoms with E-state index in [1.54, 1.807) is 23.1 Å². The van der Waals surface area contributed by atoms with Gasteiger partial charge in [0.05, 0.1) is 24.8 Å². The molecule has 0 spiro atoms. The first-order valence-corrected chi connectivity index (χ1v) is 11.9. The van der Waals surface area contributed by atoms with Gasteiger partial charge in [-0.05, 0) is 70.2 Å². The van der Waals surface area contributed by atoms with Gasteiger partial charge < -0.3 is 24.4 Å². The van der Waals surface area contributed by atoms with E-state index in [1.807, 2.05) is 69.2 Å². The standard InChI is InChI=1S/C28H34N2O5/c1-5-34-23-16-14-21(19-24(23)35-6-2)26-25(22(31)15-13-20-11-8-7-9-12-20)27(32)28(33)30(26)18-10-17-29(3)4/h7-9,11-16,19,26,32H,5-6,10,17-18H2,1-4H3/b15-13+. The number of aliphatic hydroxyl groups is 1. The van der Waals surface area contributed by atoms with Gasteiger partial charge in [-0.15, -0.1) is 0 Å². The molecule has 1 aliphatic rings. The molecule has 1 N–H and O–H groups in total. The van der Waals surface area contributed by atoms with Crippen LogP contribution >= 0.6 is 0 Å². The largest absolute Gasteiger partial charge is 0.503 e. The van der Waals surface area contributed by atoms with Gasteiger partial charge in [-0.25, -0.2) is 0 Å². The van der Waals surface area contributed by atoms with Gasteiger partial charge in [-0.3, -0.25) is 9.59 Å². The molecule has 0 bridgehead atoms. The van der Waals surface area contributed by atoms with Crippen molar-refractivity contribution in [2.24, 2.45) is 0 Å². The average molecular weight is 479 g/mol. The smallest absolute Gasteiger partial charge is 0.290 e. The van der Waals surface area contributed by atoms with E-state index in [0.717, 1.165) is 12.1 Å². The molecule has 2 aromatic rings. The Kier molecular flexibility index (Phi) is 9.09. The second kappa shape index (κ2) is 12.2. The summed E-state index contributed by atoms with van der Waals surface area (Å²) in [7, 11) is 3.92. The zero-order valence-corrected chi connectivity index (χ0v) is 20.9. The van der Waals surface area contributed by atoms with Crippen LogP contribution in [0.3, 0.4) is 0 Å². The number of ketones is 1. The first-order chi connectivity index (χ1) is 16.9. The zero-order valence-electron chi connectivity index (χ0n) is 20.9. The minimum atomic E-state index is -0.729. The van der Waals surface area contributed by atoms with Crippen molar-refractivity contribution >= 4 is 17.8 Å². The van der Waals surface area contributed by atoms with Crippen molar-refractivity contribution in [1.82, 2.24) is 9.80 Å². The first kappa shape index (κ1) is 26.0. The van der Waals surface area contributed by atoms with E-state index < -0.39 is 23.5 Å². The summed E-state index contributed by atoms with van der Waals surface area (Å²) in [4.78, 5) is 30.0. The number of rotatable bonds is 12. The van der Waals surface area contributed by atoms with Crippen LogP contribution in [-0.4, -0.2) is 67.0 Å². The molecule has 186 valence electrons. The third kappa shape index (κ3) is 6.31. The van der Waals surface area contributed by atoms with E-state index in [9.17, 15) is 14.7 Å². The van der Waals surface area contributed by atoms with Crippen LogP contribution in [0.1, 0.15) is 37.4 Å². The second-order valence-electron chi connectivity index (χ2n) is 8.50. The van der Waals surface area contributed by atoms with E-state index in [-0.39, 0.29) is 5.57 Å². The molecule has 0 saturated carbocycles. The molecule has 0 saturated heterocycles. The zero-order chi connectivity index (χ0) is 25.4. The Labute approximate surface area is 207 Å². The van der Waals surface area contributed by atoms with Crippen molar-refractivity contribution < 1.29 is 24.2 Å². The summed E-state index contributed by atoms with van der Waals surface area (Å²) in [5.41, 5.74) is 1.60. The average Bonchev–Trinajstić information content (AvgIpc) is 3.09. The van der Waals surface area contributed by atoms with Crippen LogP contribution in [0.2, 0.25) is 0 Å². The van der Waals surface area contributed by atoms with Gasteiger partial charge >= 0.3 is 0 Å². The summed E-state index contributed by atoms with van der Waals surface area (Å²) in [6.07, 6.45) is 3.78. The molecule has 1 aliphatic heterocycles. The predicted molar refractivity (Wildman–Crippen MR) is 137 cm³/mol. The van der Waals surface area contributed by atoms with Gasteiger partial charge in [0.15, 0.2) is 23.0 Å². The molecule has 0 aliphatic carbocycles. The van der Waals surface area contributed by atoms with Crippen molar-refractivity contribution in [2.45, 2.75) is 26.3 Å². The van der Waals surface area contributed by atoms with Crippen molar-refractivity contribution in [1.29, 1.82) is 0 Å². The Morgan fingerprint density at radius 3 is 2.40 bits per heavy atom. The molecule has 1 unspecified atom stereocenters. The third-order valence-electron chi connectivity index (χ3n) is 5.68. The third-order valence-corrected chi connectivity index (χ3v) is 5.68. The Morgan fingerprint density at radius 2 is 1.74 bits per heavy atom. The number of nitrogens with zero attached hydrogens (tertiary/aromatic N) is 2. The minimum absolute atomic E-state index is 0.0682. The fourth-order valence-corrected chi connectivity index (χ4v) is 4.10. The lowest BCUT2D eigenvalue weighted by Gasteiger charge is -2.27. The summed E-state index contributed by atoms with van der Waals surface area (Å²) in [6, 6.07) is 14.1. The molecule has 3 rings (SSSR count). The second-order valence-corrected chi connectivity index (χ2v) is 8.50. The van der Waals surface area contributed by atoms with E-state index in [0.29, 0.717) is 43.2 Å². The normalized spacial score (nSPS) is 16.0. The van der Waals surface area contributed by atoms with Gasteiger partial charge in [0, 0.05) is 6.54 Å². The summed E-state index contributed by atoms with van der Waals surface area (Å²) >= 11 is 0. The van der Waals surface area contributed by atoms with Gasteiger partial charge in [0.2, 0.25) is 0 Å². The molecular weight excluding hydrogens is 444 g/mol. The maximum atomic E-state index is 13.3. The molecule has 0 radical (unpaired) electrons. The number of ether oxygens (including phenoxy) is 2. The number of hydrogen-bond acceptors (Lipinski definition) is 6. The van der Waals surface area contributed by atoms with Crippen LogP contribution in [0.25, 0.3) is 6.08 Å². The summed E-state index contributed by atoms with van der Waals surface area (Å²) < 4.78 is 11.5. The Bertz CT molecular complexity index is 1090. The number of carbonyl (C=O) groups excluding carboxylic acids is 2. The lowest BCUT2D eigenvalue weighted by molar-refractivity contribution is -0.129. The first-order valence-electron chi connectivity index (χ1n) is 11.9. The molecule has 0 aromatic heterocycles. The van der Waals surface area contributed by atoms with E-state index >= 15 is 0 Å². The highest BCUT2D eigenvalue weighted by Gasteiger charge is 2.42. The van der Waals surface area contributed by atoms with Crippen LogP contribution in [0, 0.1) is 0 Å². The molecule has 1 heterocycles. The lowest BCUT2D eigenvalue weighted by Crippen LogP contribution is -2.33. The van der Waals surface area contributed by atoms with Gasteiger partial charge in [0.25, 0.3) is 5.91 Å². The Balaban J connectivity index is 2.01. The summed E-state index contributed by atoms with van der Waals surface area (Å²) in [5.74, 6) is -0.338.